The summed E-state index contributed by atoms with van der Waals surface area (Å²) in [5, 5.41) is 9.24. The molecular weight excluding hydrogens is 240 g/mol. The monoisotopic (exact) mass is 256 g/mol. The van der Waals surface area contributed by atoms with E-state index in [1.807, 2.05) is 26.1 Å². The lowest BCUT2D eigenvalue weighted by molar-refractivity contribution is -0.150. The topological polar surface area (TPSA) is 63.0 Å². The van der Waals surface area contributed by atoms with Crippen LogP contribution >= 0.6 is 0 Å². The summed E-state index contributed by atoms with van der Waals surface area (Å²) in [4.78, 5) is 16.4. The Kier molecular flexibility index (Phi) is 2.51. The van der Waals surface area contributed by atoms with Crippen LogP contribution in [0.15, 0.2) is 18.5 Å². The van der Waals surface area contributed by atoms with Crippen LogP contribution in [0.5, 0.6) is 0 Å². The van der Waals surface area contributed by atoms with Gasteiger partial charge in [0.25, 0.3) is 0 Å². The molecular formula is C15H16N2O2. The number of carbonyl (C=O) groups is 1. The van der Waals surface area contributed by atoms with Gasteiger partial charge in [-0.25, -0.2) is 0 Å². The van der Waals surface area contributed by atoms with E-state index in [0.717, 1.165) is 11.1 Å². The van der Waals surface area contributed by atoms with Gasteiger partial charge in [0.15, 0.2) is 5.78 Å². The second-order valence-corrected chi connectivity index (χ2v) is 6.13. The second-order valence-electron chi connectivity index (χ2n) is 6.13. The van der Waals surface area contributed by atoms with E-state index in [4.69, 9.17) is 4.74 Å². The molecule has 1 saturated carbocycles. The smallest absolute Gasteiger partial charge is 0.155 e. The van der Waals surface area contributed by atoms with E-state index in [2.05, 4.69) is 11.1 Å². The summed E-state index contributed by atoms with van der Waals surface area (Å²) in [7, 11) is 0. The number of nitriles is 1. The van der Waals surface area contributed by atoms with Crippen molar-refractivity contribution in [1.82, 2.24) is 4.98 Å². The molecule has 0 radical (unpaired) electrons. The van der Waals surface area contributed by atoms with E-state index in [1.54, 1.807) is 6.20 Å². The molecule has 0 N–H and O–H groups in total. The molecule has 2 unspecified atom stereocenters. The van der Waals surface area contributed by atoms with Crippen molar-refractivity contribution < 1.29 is 9.53 Å². The van der Waals surface area contributed by atoms with Crippen molar-refractivity contribution in [1.29, 1.82) is 5.26 Å². The zero-order valence-electron chi connectivity index (χ0n) is 11.1. The fourth-order valence-electron chi connectivity index (χ4n) is 3.44. The molecule has 0 saturated heterocycles. The second kappa shape index (κ2) is 3.88. The van der Waals surface area contributed by atoms with Gasteiger partial charge in [-0.3, -0.25) is 9.78 Å². The number of pyridine rings is 1. The Bertz CT molecular complexity index is 588. The summed E-state index contributed by atoms with van der Waals surface area (Å²) in [6, 6.07) is 4.09. The average molecular weight is 256 g/mol. The highest BCUT2D eigenvalue weighted by Gasteiger charge is 2.54. The number of nitrogens with zero attached hydrogens (tertiary/aromatic N) is 2. The Morgan fingerprint density at radius 2 is 2.32 bits per heavy atom. The maximum absolute atomic E-state index is 12.2. The Balaban J connectivity index is 2.08. The fraction of sp³-hybridized carbons (Fsp3) is 0.533. The predicted octanol–water partition coefficient (Wildman–Crippen LogP) is 2.34. The lowest BCUT2D eigenvalue weighted by Crippen LogP contribution is -2.46. The predicted molar refractivity (Wildman–Crippen MR) is 67.8 cm³/mol. The first kappa shape index (κ1) is 12.3. The molecule has 2 atom stereocenters. The Hall–Kier alpha value is -1.73. The molecule has 1 aliphatic heterocycles. The van der Waals surface area contributed by atoms with Crippen LogP contribution in [0, 0.1) is 22.7 Å². The molecule has 1 aromatic heterocycles. The number of ketones is 1. The molecule has 1 spiro atoms. The van der Waals surface area contributed by atoms with Crippen molar-refractivity contribution >= 4 is 5.78 Å². The van der Waals surface area contributed by atoms with Gasteiger partial charge in [0, 0.05) is 29.8 Å². The summed E-state index contributed by atoms with van der Waals surface area (Å²) in [6.07, 6.45) is 4.64. The third-order valence-corrected chi connectivity index (χ3v) is 4.31. The largest absolute Gasteiger partial charge is 0.365 e. The SMILES string of the molecule is CC1(C)CC2(CC(C#N)C1=O)OCc1ccncc12. The van der Waals surface area contributed by atoms with Crippen LogP contribution in [0.4, 0.5) is 0 Å². The highest BCUT2D eigenvalue weighted by atomic mass is 16.5. The number of carbonyl (C=O) groups excluding carboxylic acids is 1. The lowest BCUT2D eigenvalue weighted by Gasteiger charge is -2.43. The van der Waals surface area contributed by atoms with Gasteiger partial charge < -0.3 is 4.74 Å². The molecule has 4 heteroatoms. The van der Waals surface area contributed by atoms with Gasteiger partial charge in [-0.15, -0.1) is 0 Å². The van der Waals surface area contributed by atoms with Crippen LogP contribution in [-0.2, 0) is 21.7 Å². The van der Waals surface area contributed by atoms with Crippen LogP contribution in [0.3, 0.4) is 0 Å². The molecule has 98 valence electrons. The quantitative estimate of drug-likeness (QED) is 0.714. The molecule has 0 amide bonds. The van der Waals surface area contributed by atoms with E-state index < -0.39 is 16.9 Å². The van der Waals surface area contributed by atoms with Gasteiger partial charge in [-0.05, 0) is 18.1 Å². The van der Waals surface area contributed by atoms with Crippen LogP contribution in [0.25, 0.3) is 0 Å². The molecule has 1 aromatic rings. The number of hydrogen-bond donors (Lipinski definition) is 0. The normalized spacial score (nSPS) is 32.1. The first-order chi connectivity index (χ1) is 8.98. The maximum atomic E-state index is 12.2. The molecule has 2 aliphatic rings. The van der Waals surface area contributed by atoms with Crippen LogP contribution in [0.1, 0.15) is 37.8 Å². The third kappa shape index (κ3) is 1.69. The van der Waals surface area contributed by atoms with Crippen molar-refractivity contribution in [3.8, 4) is 6.07 Å². The van der Waals surface area contributed by atoms with Crippen molar-refractivity contribution in [3.63, 3.8) is 0 Å². The zero-order chi connectivity index (χ0) is 13.7. The fourth-order valence-corrected chi connectivity index (χ4v) is 3.44. The van der Waals surface area contributed by atoms with E-state index >= 15 is 0 Å². The minimum Gasteiger partial charge on any atom is -0.365 e. The van der Waals surface area contributed by atoms with Crippen LogP contribution < -0.4 is 0 Å². The molecule has 1 fully saturated rings. The number of ether oxygens (including phenoxy) is 1. The van der Waals surface area contributed by atoms with Gasteiger partial charge in [-0.2, -0.15) is 5.26 Å². The summed E-state index contributed by atoms with van der Waals surface area (Å²) in [6.45, 7) is 4.34. The van der Waals surface area contributed by atoms with E-state index in [0.29, 0.717) is 19.4 Å². The van der Waals surface area contributed by atoms with Gasteiger partial charge in [0.2, 0.25) is 0 Å². The van der Waals surface area contributed by atoms with E-state index in [-0.39, 0.29) is 5.78 Å². The number of aromatic nitrogens is 1. The third-order valence-electron chi connectivity index (χ3n) is 4.31. The van der Waals surface area contributed by atoms with Gasteiger partial charge in [0.1, 0.15) is 5.92 Å². The summed E-state index contributed by atoms with van der Waals surface area (Å²) in [5.74, 6) is -0.559. The van der Waals surface area contributed by atoms with Crippen molar-refractivity contribution in [2.75, 3.05) is 0 Å². The molecule has 3 rings (SSSR count). The molecule has 2 heterocycles. The Morgan fingerprint density at radius 1 is 1.53 bits per heavy atom. The van der Waals surface area contributed by atoms with Crippen molar-refractivity contribution in [3.05, 3.63) is 29.6 Å². The summed E-state index contributed by atoms with van der Waals surface area (Å²) < 4.78 is 6.02. The minimum atomic E-state index is -0.588. The Labute approximate surface area is 112 Å². The molecule has 0 aromatic carbocycles. The van der Waals surface area contributed by atoms with Gasteiger partial charge in [0.05, 0.1) is 18.3 Å². The number of fused-ring (bicyclic) bond motifs is 2. The molecule has 4 nitrogen and oxygen atoms in total. The highest BCUT2D eigenvalue weighted by Crippen LogP contribution is 2.52. The Morgan fingerprint density at radius 3 is 3.05 bits per heavy atom. The first-order valence-corrected chi connectivity index (χ1v) is 6.50. The number of Topliss-reactive ketones (excluding diaryl/α,β-unsaturated/α-hetero) is 1. The summed E-state index contributed by atoms with van der Waals surface area (Å²) in [5.41, 5.74) is 1.13. The van der Waals surface area contributed by atoms with E-state index in [9.17, 15) is 10.1 Å². The first-order valence-electron chi connectivity index (χ1n) is 6.50. The van der Waals surface area contributed by atoms with Gasteiger partial charge >= 0.3 is 0 Å². The molecule has 19 heavy (non-hydrogen) atoms. The highest BCUT2D eigenvalue weighted by molar-refractivity contribution is 5.89. The zero-order valence-corrected chi connectivity index (χ0v) is 11.1. The minimum absolute atomic E-state index is 0.0292. The van der Waals surface area contributed by atoms with E-state index in [1.165, 1.54) is 0 Å². The standard InChI is InChI=1S/C15H16N2O2/c1-14(2)9-15(5-11(6-16)13(14)18)12-7-17-4-3-10(12)8-19-15/h3-4,7,11H,5,8-9H2,1-2H3. The van der Waals surface area contributed by atoms with Crippen LogP contribution in [-0.4, -0.2) is 10.8 Å². The number of hydrogen-bond acceptors (Lipinski definition) is 4. The number of rotatable bonds is 0. The molecule has 0 bridgehead atoms. The maximum Gasteiger partial charge on any atom is 0.155 e. The average Bonchev–Trinajstić information content (AvgIpc) is 2.73. The molecule has 1 aliphatic carbocycles. The lowest BCUT2D eigenvalue weighted by atomic mass is 9.63. The van der Waals surface area contributed by atoms with Crippen LogP contribution in [0.2, 0.25) is 0 Å². The summed E-state index contributed by atoms with van der Waals surface area (Å²) >= 11 is 0. The van der Waals surface area contributed by atoms with Gasteiger partial charge in [-0.1, -0.05) is 13.8 Å². The van der Waals surface area contributed by atoms with Crippen molar-refractivity contribution in [2.24, 2.45) is 11.3 Å². The van der Waals surface area contributed by atoms with Crippen molar-refractivity contribution in [2.45, 2.75) is 38.9 Å².